The van der Waals surface area contributed by atoms with Crippen LogP contribution in [0.4, 0.5) is 0 Å². The van der Waals surface area contributed by atoms with Gasteiger partial charge in [0.1, 0.15) is 5.60 Å². The molecule has 1 aromatic heterocycles. The minimum absolute atomic E-state index is 0.866. The number of halogens is 1. The molecule has 2 aromatic carbocycles. The zero-order chi connectivity index (χ0) is 13.5. The molecule has 0 amide bonds. The van der Waals surface area contributed by atoms with Gasteiger partial charge in [0.25, 0.3) is 0 Å². The number of benzene rings is 2. The first kappa shape index (κ1) is 12.5. The van der Waals surface area contributed by atoms with Gasteiger partial charge < -0.3 is 10.1 Å². The summed E-state index contributed by atoms with van der Waals surface area (Å²) in [4.78, 5) is 3.16. The van der Waals surface area contributed by atoms with Gasteiger partial charge in [-0.25, -0.2) is 0 Å². The van der Waals surface area contributed by atoms with Gasteiger partial charge in [-0.1, -0.05) is 40.2 Å². The first-order chi connectivity index (χ1) is 9.09. The monoisotopic (exact) mass is 315 g/mol. The predicted molar refractivity (Wildman–Crippen MR) is 81.1 cm³/mol. The molecule has 0 saturated carbocycles. The van der Waals surface area contributed by atoms with Crippen molar-refractivity contribution in [3.8, 4) is 0 Å². The van der Waals surface area contributed by atoms with Crippen molar-refractivity contribution in [2.45, 2.75) is 12.5 Å². The molecule has 96 valence electrons. The van der Waals surface area contributed by atoms with Crippen LogP contribution in [-0.4, -0.2) is 10.1 Å². The lowest BCUT2D eigenvalue weighted by Gasteiger charge is -2.25. The molecule has 3 aromatic rings. The number of nitrogens with one attached hydrogen (secondary N) is 1. The van der Waals surface area contributed by atoms with Crippen molar-refractivity contribution in [1.29, 1.82) is 0 Å². The summed E-state index contributed by atoms with van der Waals surface area (Å²) in [6.45, 7) is 1.82. The molecule has 0 fully saturated rings. The fourth-order valence-corrected chi connectivity index (χ4v) is 3.04. The van der Waals surface area contributed by atoms with E-state index in [9.17, 15) is 5.11 Å². The summed E-state index contributed by atoms with van der Waals surface area (Å²) in [5.41, 5.74) is 1.80. The van der Waals surface area contributed by atoms with Gasteiger partial charge in [0, 0.05) is 21.7 Å². The number of aromatic nitrogens is 1. The maximum Gasteiger partial charge on any atom is 0.113 e. The minimum Gasteiger partial charge on any atom is -0.381 e. The van der Waals surface area contributed by atoms with E-state index in [1.807, 2.05) is 61.7 Å². The lowest BCUT2D eigenvalue weighted by molar-refractivity contribution is 0.102. The van der Waals surface area contributed by atoms with Gasteiger partial charge in [0.15, 0.2) is 0 Å². The fraction of sp³-hybridized carbons (Fsp3) is 0.125. The summed E-state index contributed by atoms with van der Waals surface area (Å²) in [6.07, 6.45) is 1.90. The maximum absolute atomic E-state index is 10.9. The third kappa shape index (κ3) is 2.09. The molecule has 2 N–H and O–H groups in total. The number of aromatic amines is 1. The lowest BCUT2D eigenvalue weighted by atomic mass is 9.88. The van der Waals surface area contributed by atoms with Gasteiger partial charge in [-0.3, -0.25) is 0 Å². The van der Waals surface area contributed by atoms with Crippen LogP contribution in [0.3, 0.4) is 0 Å². The summed E-state index contributed by atoms with van der Waals surface area (Å²) >= 11 is 3.51. The molecule has 0 aliphatic rings. The Labute approximate surface area is 120 Å². The molecule has 3 rings (SSSR count). The average molecular weight is 316 g/mol. The molecule has 0 saturated heterocycles. The molecule has 3 heteroatoms. The van der Waals surface area contributed by atoms with Crippen molar-refractivity contribution in [3.63, 3.8) is 0 Å². The topological polar surface area (TPSA) is 36.0 Å². The highest BCUT2D eigenvalue weighted by Crippen LogP contribution is 2.35. The van der Waals surface area contributed by atoms with Gasteiger partial charge in [-0.05, 0) is 42.1 Å². The van der Waals surface area contributed by atoms with Crippen molar-refractivity contribution < 1.29 is 5.11 Å². The third-order valence-corrected chi connectivity index (χ3v) is 4.21. The minimum atomic E-state index is -1.02. The van der Waals surface area contributed by atoms with E-state index < -0.39 is 5.60 Å². The Morgan fingerprint density at radius 3 is 2.68 bits per heavy atom. The van der Waals surface area contributed by atoms with Crippen LogP contribution >= 0.6 is 15.9 Å². The number of hydrogen-bond donors (Lipinski definition) is 2. The second kappa shape index (κ2) is 4.51. The first-order valence-electron chi connectivity index (χ1n) is 6.14. The van der Waals surface area contributed by atoms with E-state index in [1.165, 1.54) is 0 Å². The standard InChI is InChI=1S/C16H14BrNO/c1-16(19,13-4-2-3-5-14(13)17)12-6-7-15-11(10-12)8-9-18-15/h2-10,18-19H,1H3. The molecule has 19 heavy (non-hydrogen) atoms. The molecule has 1 unspecified atom stereocenters. The Morgan fingerprint density at radius 1 is 1.11 bits per heavy atom. The third-order valence-electron chi connectivity index (χ3n) is 3.51. The van der Waals surface area contributed by atoms with Crippen LogP contribution in [0.2, 0.25) is 0 Å². The van der Waals surface area contributed by atoms with Crippen LogP contribution in [0.15, 0.2) is 59.2 Å². The van der Waals surface area contributed by atoms with Gasteiger partial charge >= 0.3 is 0 Å². The molecular weight excluding hydrogens is 302 g/mol. The molecule has 0 aliphatic carbocycles. The van der Waals surface area contributed by atoms with Crippen LogP contribution in [0.25, 0.3) is 10.9 Å². The van der Waals surface area contributed by atoms with E-state index in [-0.39, 0.29) is 0 Å². The largest absolute Gasteiger partial charge is 0.381 e. The smallest absolute Gasteiger partial charge is 0.113 e. The number of fused-ring (bicyclic) bond motifs is 1. The normalized spacial score (nSPS) is 14.5. The Hall–Kier alpha value is -1.58. The Bertz CT molecular complexity index is 730. The highest BCUT2D eigenvalue weighted by Gasteiger charge is 2.27. The van der Waals surface area contributed by atoms with Gasteiger partial charge in [-0.2, -0.15) is 0 Å². The van der Waals surface area contributed by atoms with Crippen molar-refractivity contribution in [2.75, 3.05) is 0 Å². The zero-order valence-corrected chi connectivity index (χ0v) is 12.1. The highest BCUT2D eigenvalue weighted by atomic mass is 79.9. The molecule has 1 atom stereocenters. The molecule has 2 nitrogen and oxygen atoms in total. The molecule has 0 aliphatic heterocycles. The second-order valence-electron chi connectivity index (χ2n) is 4.83. The number of hydrogen-bond acceptors (Lipinski definition) is 1. The van der Waals surface area contributed by atoms with E-state index in [1.54, 1.807) is 0 Å². The average Bonchev–Trinajstić information content (AvgIpc) is 2.86. The van der Waals surface area contributed by atoms with Crippen molar-refractivity contribution in [2.24, 2.45) is 0 Å². The van der Waals surface area contributed by atoms with Crippen LogP contribution in [0.5, 0.6) is 0 Å². The van der Waals surface area contributed by atoms with Crippen molar-refractivity contribution in [1.82, 2.24) is 4.98 Å². The van der Waals surface area contributed by atoms with Gasteiger partial charge in [-0.15, -0.1) is 0 Å². The van der Waals surface area contributed by atoms with Crippen LogP contribution < -0.4 is 0 Å². The van der Waals surface area contributed by atoms with Gasteiger partial charge in [0.05, 0.1) is 0 Å². The Balaban J connectivity index is 2.15. The van der Waals surface area contributed by atoms with Crippen LogP contribution in [-0.2, 0) is 5.60 Å². The molecule has 0 bridgehead atoms. The summed E-state index contributed by atoms with van der Waals surface area (Å²) in [7, 11) is 0. The summed E-state index contributed by atoms with van der Waals surface area (Å²) < 4.78 is 0.911. The first-order valence-corrected chi connectivity index (χ1v) is 6.93. The van der Waals surface area contributed by atoms with Crippen molar-refractivity contribution in [3.05, 3.63) is 70.3 Å². The van der Waals surface area contributed by atoms with E-state index in [0.717, 1.165) is 26.5 Å². The van der Waals surface area contributed by atoms with E-state index >= 15 is 0 Å². The Morgan fingerprint density at radius 2 is 1.89 bits per heavy atom. The maximum atomic E-state index is 10.9. The summed E-state index contributed by atoms with van der Waals surface area (Å²) in [6, 6.07) is 15.7. The summed E-state index contributed by atoms with van der Waals surface area (Å²) in [5.74, 6) is 0. The molecule has 0 radical (unpaired) electrons. The SMILES string of the molecule is CC(O)(c1ccc2[nH]ccc2c1)c1ccccc1Br. The number of H-pyrrole nitrogens is 1. The quantitative estimate of drug-likeness (QED) is 0.731. The van der Waals surface area contributed by atoms with Crippen LogP contribution in [0, 0.1) is 0 Å². The number of aliphatic hydroxyl groups is 1. The van der Waals surface area contributed by atoms with E-state index in [2.05, 4.69) is 20.9 Å². The fourth-order valence-electron chi connectivity index (χ4n) is 2.37. The van der Waals surface area contributed by atoms with Crippen LogP contribution in [0.1, 0.15) is 18.1 Å². The Kier molecular flexibility index (Phi) is 2.96. The summed E-state index contributed by atoms with van der Waals surface area (Å²) in [5, 5.41) is 12.0. The molecule has 0 spiro atoms. The number of rotatable bonds is 2. The lowest BCUT2D eigenvalue weighted by Crippen LogP contribution is -2.23. The van der Waals surface area contributed by atoms with E-state index in [0.29, 0.717) is 0 Å². The van der Waals surface area contributed by atoms with Gasteiger partial charge in [0.2, 0.25) is 0 Å². The zero-order valence-electron chi connectivity index (χ0n) is 10.5. The predicted octanol–water partition coefficient (Wildman–Crippen LogP) is 4.19. The van der Waals surface area contributed by atoms with Crippen molar-refractivity contribution >= 4 is 26.8 Å². The second-order valence-corrected chi connectivity index (χ2v) is 5.69. The highest BCUT2D eigenvalue weighted by molar-refractivity contribution is 9.10. The molecular formula is C16H14BrNO. The van der Waals surface area contributed by atoms with E-state index in [4.69, 9.17) is 0 Å². The molecule has 1 heterocycles.